The number of nitrogens with one attached hydrogen (secondary N) is 1. The van der Waals surface area contributed by atoms with Gasteiger partial charge in [0.1, 0.15) is 0 Å². The fourth-order valence-corrected chi connectivity index (χ4v) is 1.78. The highest BCUT2D eigenvalue weighted by atomic mass is 15.0. The highest BCUT2D eigenvalue weighted by molar-refractivity contribution is 5.74. The molecule has 14 heavy (non-hydrogen) atoms. The first-order valence-electron chi connectivity index (χ1n) is 5.03. The second kappa shape index (κ2) is 2.74. The van der Waals surface area contributed by atoms with Crippen LogP contribution in [0.15, 0.2) is 24.7 Å². The lowest BCUT2D eigenvalue weighted by Crippen LogP contribution is -2.02. The first kappa shape index (κ1) is 7.85. The molecule has 2 heterocycles. The first-order chi connectivity index (χ1) is 6.84. The van der Waals surface area contributed by atoms with Crippen LogP contribution in [0.25, 0.3) is 5.52 Å². The maximum Gasteiger partial charge on any atom is 0.0995 e. The van der Waals surface area contributed by atoms with Crippen molar-refractivity contribution in [1.82, 2.24) is 9.38 Å². The van der Waals surface area contributed by atoms with E-state index < -0.39 is 0 Å². The molecule has 0 aromatic carbocycles. The Morgan fingerprint density at radius 3 is 3.14 bits per heavy atom. The van der Waals surface area contributed by atoms with Gasteiger partial charge in [-0.05, 0) is 31.9 Å². The molecule has 1 saturated carbocycles. The van der Waals surface area contributed by atoms with Gasteiger partial charge in [-0.25, -0.2) is 4.98 Å². The van der Waals surface area contributed by atoms with Crippen LogP contribution >= 0.6 is 0 Å². The van der Waals surface area contributed by atoms with E-state index in [0.717, 1.165) is 5.69 Å². The molecule has 0 spiro atoms. The summed E-state index contributed by atoms with van der Waals surface area (Å²) in [7, 11) is 0. The van der Waals surface area contributed by atoms with Crippen molar-refractivity contribution in [2.75, 3.05) is 5.32 Å². The standard InChI is InChI=1S/C11H13N3/c1-8-11-10(13-9-4-5-9)3-2-6-14(11)7-12-8/h2-3,6-7,9,13H,4-5H2,1H3. The molecule has 3 nitrogen and oxygen atoms in total. The molecule has 0 saturated heterocycles. The zero-order valence-corrected chi connectivity index (χ0v) is 8.20. The topological polar surface area (TPSA) is 29.3 Å². The van der Waals surface area contributed by atoms with Gasteiger partial charge in [0, 0.05) is 12.2 Å². The molecule has 0 aliphatic heterocycles. The van der Waals surface area contributed by atoms with Crippen molar-refractivity contribution in [2.24, 2.45) is 0 Å². The van der Waals surface area contributed by atoms with E-state index in [2.05, 4.69) is 26.8 Å². The van der Waals surface area contributed by atoms with Gasteiger partial charge < -0.3 is 9.72 Å². The van der Waals surface area contributed by atoms with Gasteiger partial charge >= 0.3 is 0 Å². The van der Waals surface area contributed by atoms with Crippen molar-refractivity contribution < 1.29 is 0 Å². The number of hydrogen-bond donors (Lipinski definition) is 1. The fourth-order valence-electron chi connectivity index (χ4n) is 1.78. The predicted octanol–water partition coefficient (Wildman–Crippen LogP) is 2.22. The molecule has 2 aromatic rings. The zero-order chi connectivity index (χ0) is 9.54. The number of anilines is 1. The van der Waals surface area contributed by atoms with Crippen LogP contribution in [0.5, 0.6) is 0 Å². The van der Waals surface area contributed by atoms with Crippen LogP contribution in [0.1, 0.15) is 18.5 Å². The minimum Gasteiger partial charge on any atom is -0.381 e. The van der Waals surface area contributed by atoms with E-state index in [4.69, 9.17) is 0 Å². The highest BCUT2D eigenvalue weighted by Crippen LogP contribution is 2.28. The van der Waals surface area contributed by atoms with Crippen molar-refractivity contribution in [3.63, 3.8) is 0 Å². The van der Waals surface area contributed by atoms with E-state index in [1.54, 1.807) is 0 Å². The van der Waals surface area contributed by atoms with E-state index in [0.29, 0.717) is 6.04 Å². The lowest BCUT2D eigenvalue weighted by molar-refractivity contribution is 1.12. The van der Waals surface area contributed by atoms with E-state index in [9.17, 15) is 0 Å². The van der Waals surface area contributed by atoms with Gasteiger partial charge in [0.05, 0.1) is 23.2 Å². The van der Waals surface area contributed by atoms with E-state index >= 15 is 0 Å². The summed E-state index contributed by atoms with van der Waals surface area (Å²) in [6, 6.07) is 4.87. The van der Waals surface area contributed by atoms with Gasteiger partial charge in [-0.15, -0.1) is 0 Å². The Morgan fingerprint density at radius 2 is 2.36 bits per heavy atom. The molecule has 0 atom stereocenters. The fraction of sp³-hybridized carbons (Fsp3) is 0.364. The average Bonchev–Trinajstić information content (AvgIpc) is 2.91. The second-order valence-electron chi connectivity index (χ2n) is 3.93. The third kappa shape index (κ3) is 1.16. The van der Waals surface area contributed by atoms with E-state index in [-0.39, 0.29) is 0 Å². The molecule has 0 amide bonds. The van der Waals surface area contributed by atoms with Gasteiger partial charge in [0.25, 0.3) is 0 Å². The quantitative estimate of drug-likeness (QED) is 0.781. The van der Waals surface area contributed by atoms with Crippen LogP contribution in [-0.2, 0) is 0 Å². The Hall–Kier alpha value is -1.51. The molecule has 1 aliphatic rings. The third-order valence-corrected chi connectivity index (χ3v) is 2.68. The van der Waals surface area contributed by atoms with Gasteiger partial charge in [-0.1, -0.05) is 0 Å². The van der Waals surface area contributed by atoms with Crippen LogP contribution in [0.3, 0.4) is 0 Å². The number of imidazole rings is 1. The number of aromatic nitrogens is 2. The normalized spacial score (nSPS) is 16.1. The maximum atomic E-state index is 4.31. The van der Waals surface area contributed by atoms with E-state index in [1.165, 1.54) is 24.0 Å². The Balaban J connectivity index is 2.14. The van der Waals surface area contributed by atoms with Crippen LogP contribution in [-0.4, -0.2) is 15.4 Å². The Morgan fingerprint density at radius 1 is 1.50 bits per heavy atom. The van der Waals surface area contributed by atoms with Gasteiger partial charge in [0.2, 0.25) is 0 Å². The van der Waals surface area contributed by atoms with Crippen molar-refractivity contribution in [3.8, 4) is 0 Å². The molecular weight excluding hydrogens is 174 g/mol. The molecule has 3 rings (SSSR count). The lowest BCUT2D eigenvalue weighted by atomic mass is 10.3. The molecule has 3 heteroatoms. The minimum absolute atomic E-state index is 0.690. The van der Waals surface area contributed by atoms with Gasteiger partial charge in [-0.3, -0.25) is 0 Å². The Labute approximate surface area is 82.8 Å². The number of rotatable bonds is 2. The molecular formula is C11H13N3. The zero-order valence-electron chi connectivity index (χ0n) is 8.20. The molecule has 0 unspecified atom stereocenters. The molecule has 0 bridgehead atoms. The summed E-state index contributed by atoms with van der Waals surface area (Å²) >= 11 is 0. The molecule has 0 radical (unpaired) electrons. The smallest absolute Gasteiger partial charge is 0.0995 e. The number of hydrogen-bond acceptors (Lipinski definition) is 2. The summed E-state index contributed by atoms with van der Waals surface area (Å²) in [5.74, 6) is 0. The SMILES string of the molecule is Cc1ncn2cccc(NC3CC3)c12. The van der Waals surface area contributed by atoms with Crippen LogP contribution in [0, 0.1) is 6.92 Å². The van der Waals surface area contributed by atoms with Crippen LogP contribution in [0.4, 0.5) is 5.69 Å². The molecule has 1 aliphatic carbocycles. The van der Waals surface area contributed by atoms with Crippen molar-refractivity contribution in [1.29, 1.82) is 0 Å². The average molecular weight is 187 g/mol. The lowest BCUT2D eigenvalue weighted by Gasteiger charge is -2.06. The third-order valence-electron chi connectivity index (χ3n) is 2.68. The first-order valence-corrected chi connectivity index (χ1v) is 5.03. The maximum absolute atomic E-state index is 4.31. The van der Waals surface area contributed by atoms with Crippen molar-refractivity contribution in [3.05, 3.63) is 30.4 Å². The molecule has 1 N–H and O–H groups in total. The highest BCUT2D eigenvalue weighted by Gasteiger charge is 2.21. The predicted molar refractivity (Wildman–Crippen MR) is 56.6 cm³/mol. The monoisotopic (exact) mass is 187 g/mol. The molecule has 1 fully saturated rings. The molecule has 2 aromatic heterocycles. The number of fused-ring (bicyclic) bond motifs is 1. The van der Waals surface area contributed by atoms with Crippen molar-refractivity contribution in [2.45, 2.75) is 25.8 Å². The number of aryl methyl sites for hydroxylation is 1. The summed E-state index contributed by atoms with van der Waals surface area (Å²) in [6.07, 6.45) is 6.50. The summed E-state index contributed by atoms with van der Waals surface area (Å²) < 4.78 is 2.07. The van der Waals surface area contributed by atoms with Crippen LogP contribution in [0.2, 0.25) is 0 Å². The second-order valence-corrected chi connectivity index (χ2v) is 3.93. The minimum atomic E-state index is 0.690. The van der Waals surface area contributed by atoms with Gasteiger partial charge in [-0.2, -0.15) is 0 Å². The largest absolute Gasteiger partial charge is 0.381 e. The van der Waals surface area contributed by atoms with Gasteiger partial charge in [0.15, 0.2) is 0 Å². The van der Waals surface area contributed by atoms with Crippen LogP contribution < -0.4 is 5.32 Å². The summed E-state index contributed by atoms with van der Waals surface area (Å²) in [5.41, 5.74) is 3.51. The number of nitrogens with zero attached hydrogens (tertiary/aromatic N) is 2. The van der Waals surface area contributed by atoms with E-state index in [1.807, 2.05) is 19.4 Å². The summed E-state index contributed by atoms with van der Waals surface area (Å²) in [6.45, 7) is 2.05. The molecule has 72 valence electrons. The summed E-state index contributed by atoms with van der Waals surface area (Å²) in [4.78, 5) is 4.31. The van der Waals surface area contributed by atoms with Crippen molar-refractivity contribution >= 4 is 11.2 Å². The summed E-state index contributed by atoms with van der Waals surface area (Å²) in [5, 5.41) is 3.52. The Kier molecular flexibility index (Phi) is 1.54. The Bertz CT molecular complexity index is 468. The number of pyridine rings is 1.